The first-order valence-corrected chi connectivity index (χ1v) is 8.97. The molecule has 23 heavy (non-hydrogen) atoms. The molecule has 2 rings (SSSR count). The lowest BCUT2D eigenvalue weighted by atomic mass is 10.1. The Balaban J connectivity index is 2.14. The first-order chi connectivity index (χ1) is 10.9. The van der Waals surface area contributed by atoms with E-state index in [1.54, 1.807) is 18.2 Å². The second-order valence-corrected chi connectivity index (χ2v) is 7.16. The van der Waals surface area contributed by atoms with Crippen molar-refractivity contribution in [2.75, 3.05) is 7.05 Å². The van der Waals surface area contributed by atoms with E-state index in [2.05, 4.69) is 20.2 Å². The number of hydrogen-bond donors (Lipinski definition) is 2. The van der Waals surface area contributed by atoms with Crippen LogP contribution in [0.1, 0.15) is 50.2 Å². The number of aryl methyl sites for hydroxylation is 1. The van der Waals surface area contributed by atoms with Gasteiger partial charge in [0.15, 0.2) is 0 Å². The second kappa shape index (κ2) is 7.20. The van der Waals surface area contributed by atoms with Gasteiger partial charge in [-0.15, -0.1) is 10.2 Å². The summed E-state index contributed by atoms with van der Waals surface area (Å²) in [5.74, 6) is 1.12. The highest BCUT2D eigenvalue weighted by atomic mass is 32.2. The molecule has 0 aliphatic carbocycles. The van der Waals surface area contributed by atoms with Gasteiger partial charge in [-0.3, -0.25) is 5.32 Å². The van der Waals surface area contributed by atoms with Gasteiger partial charge in [-0.1, -0.05) is 19.1 Å². The minimum absolute atomic E-state index is 0.0750. The van der Waals surface area contributed by atoms with Crippen molar-refractivity contribution in [1.82, 2.24) is 20.2 Å². The van der Waals surface area contributed by atoms with E-state index in [0.29, 0.717) is 18.2 Å². The molecule has 0 amide bonds. The maximum absolute atomic E-state index is 11.9. The van der Waals surface area contributed by atoms with E-state index < -0.39 is 10.0 Å². The molecule has 2 atom stereocenters. The van der Waals surface area contributed by atoms with E-state index in [0.717, 1.165) is 5.56 Å². The molecule has 0 unspecified atom stereocenters. The van der Waals surface area contributed by atoms with Crippen molar-refractivity contribution < 1.29 is 12.8 Å². The molecule has 2 aromatic rings. The average Bonchev–Trinajstić information content (AvgIpc) is 3.04. The SMILES string of the molecule is CCc1nnc([C@H](C)N[C@H](C)c2cccc(S(=O)(=O)NC)c2)o1. The number of nitrogens with one attached hydrogen (secondary N) is 2. The van der Waals surface area contributed by atoms with Gasteiger partial charge in [0.2, 0.25) is 21.8 Å². The third kappa shape index (κ3) is 4.15. The summed E-state index contributed by atoms with van der Waals surface area (Å²) >= 11 is 0. The zero-order chi connectivity index (χ0) is 17.0. The Bertz CT molecular complexity index is 758. The van der Waals surface area contributed by atoms with Crippen LogP contribution in [0.2, 0.25) is 0 Å². The maximum Gasteiger partial charge on any atom is 0.240 e. The molecule has 1 aromatic heterocycles. The van der Waals surface area contributed by atoms with Crippen LogP contribution in [-0.2, 0) is 16.4 Å². The van der Waals surface area contributed by atoms with Crippen molar-refractivity contribution >= 4 is 10.0 Å². The van der Waals surface area contributed by atoms with Crippen molar-refractivity contribution in [3.05, 3.63) is 41.6 Å². The van der Waals surface area contributed by atoms with E-state index in [-0.39, 0.29) is 17.0 Å². The van der Waals surface area contributed by atoms with E-state index in [4.69, 9.17) is 4.42 Å². The molecule has 0 fully saturated rings. The minimum Gasteiger partial charge on any atom is -0.424 e. The van der Waals surface area contributed by atoms with Gasteiger partial charge in [-0.2, -0.15) is 0 Å². The Kier molecular flexibility index (Phi) is 5.51. The maximum atomic E-state index is 11.9. The van der Waals surface area contributed by atoms with Crippen molar-refractivity contribution in [2.45, 2.75) is 44.2 Å². The number of rotatable bonds is 7. The minimum atomic E-state index is -3.45. The molecular formula is C15H22N4O3S. The number of sulfonamides is 1. The fourth-order valence-electron chi connectivity index (χ4n) is 2.20. The third-order valence-electron chi connectivity index (χ3n) is 3.59. The summed E-state index contributed by atoms with van der Waals surface area (Å²) in [6.45, 7) is 5.84. The molecule has 7 nitrogen and oxygen atoms in total. The van der Waals surface area contributed by atoms with Crippen LogP contribution in [0.25, 0.3) is 0 Å². The lowest BCUT2D eigenvalue weighted by molar-refractivity contribution is 0.374. The number of nitrogens with zero attached hydrogens (tertiary/aromatic N) is 2. The molecule has 2 N–H and O–H groups in total. The average molecular weight is 338 g/mol. The van der Waals surface area contributed by atoms with E-state index in [1.807, 2.05) is 26.8 Å². The predicted octanol–water partition coefficient (Wildman–Crippen LogP) is 1.95. The predicted molar refractivity (Wildman–Crippen MR) is 86.3 cm³/mol. The Morgan fingerprint density at radius 3 is 2.57 bits per heavy atom. The van der Waals surface area contributed by atoms with Gasteiger partial charge < -0.3 is 4.42 Å². The van der Waals surface area contributed by atoms with Crippen LogP contribution in [0.3, 0.4) is 0 Å². The summed E-state index contributed by atoms with van der Waals surface area (Å²) in [5, 5.41) is 11.3. The normalized spacial score (nSPS) is 14.6. The highest BCUT2D eigenvalue weighted by molar-refractivity contribution is 7.89. The van der Waals surface area contributed by atoms with Gasteiger partial charge in [0.25, 0.3) is 0 Å². The summed E-state index contributed by atoms with van der Waals surface area (Å²) in [6, 6.07) is 6.61. The molecule has 0 saturated carbocycles. The monoisotopic (exact) mass is 338 g/mol. The van der Waals surface area contributed by atoms with E-state index in [1.165, 1.54) is 7.05 Å². The molecule has 1 aromatic carbocycles. The third-order valence-corrected chi connectivity index (χ3v) is 5.00. The van der Waals surface area contributed by atoms with Crippen molar-refractivity contribution in [3.8, 4) is 0 Å². The highest BCUT2D eigenvalue weighted by Crippen LogP contribution is 2.21. The number of benzene rings is 1. The Morgan fingerprint density at radius 1 is 1.22 bits per heavy atom. The molecule has 0 spiro atoms. The molecular weight excluding hydrogens is 316 g/mol. The standard InChI is InChI=1S/C15H22N4O3S/c1-5-14-18-19-15(22-14)11(3)17-10(2)12-7-6-8-13(9-12)23(20,21)16-4/h6-11,16-17H,5H2,1-4H3/t10-,11+/m1/s1. The summed E-state index contributed by atoms with van der Waals surface area (Å²) in [4.78, 5) is 0.241. The van der Waals surface area contributed by atoms with Crippen LogP contribution in [0.5, 0.6) is 0 Å². The largest absolute Gasteiger partial charge is 0.424 e. The van der Waals surface area contributed by atoms with Crippen LogP contribution in [0.4, 0.5) is 0 Å². The van der Waals surface area contributed by atoms with Gasteiger partial charge in [0, 0.05) is 12.5 Å². The van der Waals surface area contributed by atoms with Gasteiger partial charge in [-0.05, 0) is 38.6 Å². The molecule has 0 radical (unpaired) electrons. The highest BCUT2D eigenvalue weighted by Gasteiger charge is 2.18. The lowest BCUT2D eigenvalue weighted by Crippen LogP contribution is -2.23. The Labute approximate surface area is 136 Å². The molecule has 126 valence electrons. The Morgan fingerprint density at radius 2 is 1.96 bits per heavy atom. The van der Waals surface area contributed by atoms with Crippen LogP contribution < -0.4 is 10.0 Å². The quantitative estimate of drug-likeness (QED) is 0.801. The van der Waals surface area contributed by atoms with E-state index >= 15 is 0 Å². The van der Waals surface area contributed by atoms with Crippen LogP contribution in [-0.4, -0.2) is 25.7 Å². The summed E-state index contributed by atoms with van der Waals surface area (Å²) in [7, 11) is -2.06. The second-order valence-electron chi connectivity index (χ2n) is 5.28. The zero-order valence-electron chi connectivity index (χ0n) is 13.7. The summed E-state index contributed by atoms with van der Waals surface area (Å²) in [6.07, 6.45) is 0.694. The van der Waals surface area contributed by atoms with Gasteiger partial charge in [-0.25, -0.2) is 13.1 Å². The summed E-state index contributed by atoms with van der Waals surface area (Å²) < 4.78 is 31.6. The van der Waals surface area contributed by atoms with Crippen LogP contribution in [0, 0.1) is 0 Å². The molecule has 0 bridgehead atoms. The smallest absolute Gasteiger partial charge is 0.240 e. The van der Waals surface area contributed by atoms with Gasteiger partial charge in [0.1, 0.15) is 0 Å². The first-order valence-electron chi connectivity index (χ1n) is 7.49. The van der Waals surface area contributed by atoms with Gasteiger partial charge in [0.05, 0.1) is 10.9 Å². The van der Waals surface area contributed by atoms with Crippen molar-refractivity contribution in [3.63, 3.8) is 0 Å². The van der Waals surface area contributed by atoms with E-state index in [9.17, 15) is 8.42 Å². The molecule has 1 heterocycles. The van der Waals surface area contributed by atoms with Crippen molar-refractivity contribution in [2.24, 2.45) is 0 Å². The summed E-state index contributed by atoms with van der Waals surface area (Å²) in [5.41, 5.74) is 0.864. The molecule has 0 saturated heterocycles. The lowest BCUT2D eigenvalue weighted by Gasteiger charge is -2.18. The number of aromatic nitrogens is 2. The van der Waals surface area contributed by atoms with Crippen LogP contribution in [0.15, 0.2) is 33.6 Å². The number of hydrogen-bond acceptors (Lipinski definition) is 6. The topological polar surface area (TPSA) is 97.1 Å². The van der Waals surface area contributed by atoms with Gasteiger partial charge >= 0.3 is 0 Å². The molecule has 8 heteroatoms. The fourth-order valence-corrected chi connectivity index (χ4v) is 2.98. The fraction of sp³-hybridized carbons (Fsp3) is 0.467. The Hall–Kier alpha value is -1.77. The van der Waals surface area contributed by atoms with Crippen molar-refractivity contribution in [1.29, 1.82) is 0 Å². The molecule has 0 aliphatic heterocycles. The first kappa shape index (κ1) is 17.6. The zero-order valence-corrected chi connectivity index (χ0v) is 14.5. The van der Waals surface area contributed by atoms with Crippen LogP contribution >= 0.6 is 0 Å². The molecule has 0 aliphatic rings.